The van der Waals surface area contributed by atoms with Gasteiger partial charge in [-0.25, -0.2) is 8.78 Å². The summed E-state index contributed by atoms with van der Waals surface area (Å²) in [6.07, 6.45) is 0. The molecule has 0 fully saturated rings. The zero-order valence-corrected chi connectivity index (χ0v) is 10.7. The summed E-state index contributed by atoms with van der Waals surface area (Å²) in [5.41, 5.74) is 6.21. The Hall–Kier alpha value is -0.970. The maximum Gasteiger partial charge on any atom is 0.134 e. The van der Waals surface area contributed by atoms with Gasteiger partial charge >= 0.3 is 0 Å². The molecule has 0 bridgehead atoms. The van der Waals surface area contributed by atoms with E-state index in [0.717, 1.165) is 4.88 Å². The maximum absolute atomic E-state index is 13.8. The van der Waals surface area contributed by atoms with Crippen molar-refractivity contribution in [1.82, 2.24) is 0 Å². The molecule has 2 N–H and O–H groups in total. The number of aryl methyl sites for hydroxylation is 1. The topological polar surface area (TPSA) is 26.0 Å². The molecule has 5 heteroatoms. The molecule has 1 heterocycles. The van der Waals surface area contributed by atoms with E-state index in [-0.39, 0.29) is 18.0 Å². The number of hydrogen-bond acceptors (Lipinski definition) is 2. The van der Waals surface area contributed by atoms with Gasteiger partial charge < -0.3 is 5.73 Å². The Morgan fingerprint density at radius 3 is 2.53 bits per heavy atom. The van der Waals surface area contributed by atoms with E-state index in [4.69, 9.17) is 5.73 Å². The normalized spacial score (nSPS) is 12.0. The molecule has 1 atom stereocenters. The van der Waals surface area contributed by atoms with E-state index in [1.807, 2.05) is 11.4 Å². The fourth-order valence-corrected chi connectivity index (χ4v) is 2.31. The highest BCUT2D eigenvalue weighted by atomic mass is 35.5. The molecule has 0 saturated heterocycles. The van der Waals surface area contributed by atoms with Gasteiger partial charge in [0.25, 0.3) is 0 Å². The quantitative estimate of drug-likeness (QED) is 0.886. The lowest BCUT2D eigenvalue weighted by Gasteiger charge is -2.13. The third-order valence-corrected chi connectivity index (χ3v) is 3.44. The summed E-state index contributed by atoms with van der Waals surface area (Å²) in [6.45, 7) is 1.60. The minimum atomic E-state index is -0.736. The van der Waals surface area contributed by atoms with Crippen LogP contribution in [0.4, 0.5) is 8.78 Å². The van der Waals surface area contributed by atoms with E-state index in [0.29, 0.717) is 5.56 Å². The average Bonchev–Trinajstić information content (AvgIpc) is 2.77. The molecule has 1 aromatic carbocycles. The van der Waals surface area contributed by atoms with Gasteiger partial charge in [-0.15, -0.1) is 23.7 Å². The van der Waals surface area contributed by atoms with Crippen LogP contribution in [-0.2, 0) is 0 Å². The highest BCUT2D eigenvalue weighted by molar-refractivity contribution is 7.10. The third-order valence-electron chi connectivity index (χ3n) is 2.48. The van der Waals surface area contributed by atoms with Crippen LogP contribution < -0.4 is 5.73 Å². The Morgan fingerprint density at radius 1 is 1.24 bits per heavy atom. The molecule has 0 aliphatic carbocycles. The number of nitrogens with two attached hydrogens (primary N) is 1. The van der Waals surface area contributed by atoms with Crippen molar-refractivity contribution in [3.63, 3.8) is 0 Å². The Morgan fingerprint density at radius 2 is 1.94 bits per heavy atom. The molecule has 1 aromatic heterocycles. The minimum absolute atomic E-state index is 0. The van der Waals surface area contributed by atoms with E-state index < -0.39 is 17.7 Å². The van der Waals surface area contributed by atoms with Crippen molar-refractivity contribution in [3.05, 3.63) is 57.3 Å². The summed E-state index contributed by atoms with van der Waals surface area (Å²) in [7, 11) is 0. The summed E-state index contributed by atoms with van der Waals surface area (Å²) in [6, 6.07) is 5.51. The molecule has 0 unspecified atom stereocenters. The molecule has 0 amide bonds. The second-order valence-electron chi connectivity index (χ2n) is 3.59. The first-order valence-corrected chi connectivity index (χ1v) is 5.72. The van der Waals surface area contributed by atoms with Crippen molar-refractivity contribution in [3.8, 4) is 0 Å². The van der Waals surface area contributed by atoms with Crippen LogP contribution >= 0.6 is 23.7 Å². The fourth-order valence-electron chi connectivity index (χ4n) is 1.57. The lowest BCUT2D eigenvalue weighted by Crippen LogP contribution is -2.15. The number of hydrogen-bond donors (Lipinski definition) is 1. The number of rotatable bonds is 2. The van der Waals surface area contributed by atoms with Crippen LogP contribution in [0, 0.1) is 18.6 Å². The molecule has 0 radical (unpaired) electrons. The van der Waals surface area contributed by atoms with Gasteiger partial charge in [0.15, 0.2) is 0 Å². The molecule has 2 aromatic rings. The van der Waals surface area contributed by atoms with Gasteiger partial charge in [0, 0.05) is 10.4 Å². The maximum atomic E-state index is 13.8. The molecule has 17 heavy (non-hydrogen) atoms. The van der Waals surface area contributed by atoms with Gasteiger partial charge in [-0.3, -0.25) is 0 Å². The zero-order chi connectivity index (χ0) is 11.7. The Labute approximate surface area is 109 Å². The average molecular weight is 276 g/mol. The van der Waals surface area contributed by atoms with E-state index in [2.05, 4.69) is 0 Å². The molecular weight excluding hydrogens is 264 g/mol. The predicted molar refractivity (Wildman–Crippen MR) is 68.7 cm³/mol. The summed E-state index contributed by atoms with van der Waals surface area (Å²) < 4.78 is 27.3. The van der Waals surface area contributed by atoms with Gasteiger partial charge in [-0.1, -0.05) is 12.1 Å². The van der Waals surface area contributed by atoms with Crippen molar-refractivity contribution < 1.29 is 8.78 Å². The van der Waals surface area contributed by atoms with Gasteiger partial charge in [0.05, 0.1) is 6.04 Å². The SMILES string of the molecule is Cc1ccc(F)c([C@H](N)c2cccs2)c1F.Cl. The van der Waals surface area contributed by atoms with Crippen LogP contribution in [0.2, 0.25) is 0 Å². The second kappa shape index (κ2) is 5.58. The molecule has 2 rings (SSSR count). The highest BCUT2D eigenvalue weighted by Gasteiger charge is 2.20. The Balaban J connectivity index is 0.00000144. The molecular formula is C12H12ClF2NS. The van der Waals surface area contributed by atoms with Crippen molar-refractivity contribution in [2.24, 2.45) is 5.73 Å². The van der Waals surface area contributed by atoms with Crippen molar-refractivity contribution in [1.29, 1.82) is 0 Å². The largest absolute Gasteiger partial charge is 0.319 e. The third kappa shape index (κ3) is 2.65. The van der Waals surface area contributed by atoms with E-state index in [9.17, 15) is 8.78 Å². The van der Waals surface area contributed by atoms with E-state index in [1.54, 1.807) is 13.0 Å². The summed E-state index contributed by atoms with van der Waals surface area (Å²) in [4.78, 5) is 0.753. The number of thiophene rings is 1. The molecule has 0 saturated carbocycles. The van der Waals surface area contributed by atoms with Gasteiger partial charge in [0.1, 0.15) is 11.6 Å². The van der Waals surface area contributed by atoms with Crippen molar-refractivity contribution >= 4 is 23.7 Å². The molecule has 1 nitrogen and oxygen atoms in total. The van der Waals surface area contributed by atoms with Gasteiger partial charge in [-0.05, 0) is 30.0 Å². The first-order valence-electron chi connectivity index (χ1n) is 4.84. The van der Waals surface area contributed by atoms with Crippen LogP contribution in [0.25, 0.3) is 0 Å². The lowest BCUT2D eigenvalue weighted by atomic mass is 10.0. The first kappa shape index (κ1) is 14.1. The van der Waals surface area contributed by atoms with Crippen molar-refractivity contribution in [2.75, 3.05) is 0 Å². The van der Waals surface area contributed by atoms with Crippen LogP contribution in [0.15, 0.2) is 29.6 Å². The predicted octanol–water partition coefficient (Wildman–Crippen LogP) is 3.80. The zero-order valence-electron chi connectivity index (χ0n) is 9.11. The summed E-state index contributed by atoms with van der Waals surface area (Å²) >= 11 is 1.39. The fraction of sp³-hybridized carbons (Fsp3) is 0.167. The number of benzene rings is 1. The van der Waals surface area contributed by atoms with Crippen LogP contribution in [0.3, 0.4) is 0 Å². The summed E-state index contributed by atoms with van der Waals surface area (Å²) in [5.74, 6) is -1.15. The van der Waals surface area contributed by atoms with Crippen LogP contribution in [-0.4, -0.2) is 0 Å². The summed E-state index contributed by atoms with van der Waals surface area (Å²) in [5, 5.41) is 1.83. The lowest BCUT2D eigenvalue weighted by molar-refractivity contribution is 0.539. The monoisotopic (exact) mass is 275 g/mol. The molecule has 0 spiro atoms. The molecule has 0 aliphatic heterocycles. The first-order chi connectivity index (χ1) is 7.61. The molecule has 92 valence electrons. The van der Waals surface area contributed by atoms with E-state index >= 15 is 0 Å². The Kier molecular flexibility index (Phi) is 4.62. The van der Waals surface area contributed by atoms with Crippen LogP contribution in [0.5, 0.6) is 0 Å². The minimum Gasteiger partial charge on any atom is -0.319 e. The van der Waals surface area contributed by atoms with E-state index in [1.165, 1.54) is 23.5 Å². The van der Waals surface area contributed by atoms with Crippen molar-refractivity contribution in [2.45, 2.75) is 13.0 Å². The smallest absolute Gasteiger partial charge is 0.134 e. The molecule has 0 aliphatic rings. The van der Waals surface area contributed by atoms with Gasteiger partial charge in [0.2, 0.25) is 0 Å². The Bertz CT molecular complexity index is 499. The standard InChI is InChI=1S/C12H11F2NS.ClH/c1-7-4-5-8(13)10(11(7)14)12(15)9-3-2-6-16-9;/h2-6,12H,15H2,1H3;1H/t12-;/m1./s1. The second-order valence-corrected chi connectivity index (χ2v) is 4.56. The number of halogens is 3. The van der Waals surface area contributed by atoms with Gasteiger partial charge in [-0.2, -0.15) is 0 Å². The van der Waals surface area contributed by atoms with Crippen LogP contribution in [0.1, 0.15) is 22.0 Å². The highest BCUT2D eigenvalue weighted by Crippen LogP contribution is 2.28.